The maximum atomic E-state index is 12.9. The quantitative estimate of drug-likeness (QED) is 0.812. The third-order valence-corrected chi connectivity index (χ3v) is 2.82. The predicted molar refractivity (Wildman–Crippen MR) is 58.5 cm³/mol. The van der Waals surface area contributed by atoms with Crippen LogP contribution in [0, 0.1) is 0 Å². The lowest BCUT2D eigenvalue weighted by Gasteiger charge is -2.21. The van der Waals surface area contributed by atoms with Gasteiger partial charge < -0.3 is 5.32 Å². The van der Waals surface area contributed by atoms with Crippen LogP contribution in [0.4, 0.5) is 26.3 Å². The molecule has 108 valence electrons. The molecule has 19 heavy (non-hydrogen) atoms. The highest BCUT2D eigenvalue weighted by molar-refractivity contribution is 5.37. The van der Waals surface area contributed by atoms with E-state index in [0.717, 1.165) is 6.07 Å². The molecule has 7 heteroatoms. The largest absolute Gasteiger partial charge is 0.416 e. The predicted octanol–water partition coefficient (Wildman–Crippen LogP) is 4.39. The van der Waals surface area contributed by atoms with Gasteiger partial charge in [0.2, 0.25) is 0 Å². The normalized spacial score (nSPS) is 14.5. The number of halogens is 6. The molecule has 1 aromatic rings. The zero-order valence-electron chi connectivity index (χ0n) is 10.3. The van der Waals surface area contributed by atoms with Gasteiger partial charge in [0, 0.05) is 6.04 Å². The summed E-state index contributed by atoms with van der Waals surface area (Å²) in [4.78, 5) is 0. The van der Waals surface area contributed by atoms with Crippen molar-refractivity contribution in [2.24, 2.45) is 0 Å². The van der Waals surface area contributed by atoms with Gasteiger partial charge in [-0.05, 0) is 31.2 Å². The third-order valence-electron chi connectivity index (χ3n) is 2.82. The van der Waals surface area contributed by atoms with Crippen LogP contribution in [0.2, 0.25) is 0 Å². The Morgan fingerprint density at radius 1 is 1.05 bits per heavy atom. The molecule has 1 aromatic carbocycles. The Bertz CT molecular complexity index is 431. The van der Waals surface area contributed by atoms with Crippen LogP contribution in [0.5, 0.6) is 0 Å². The van der Waals surface area contributed by atoms with Gasteiger partial charge in [0.05, 0.1) is 11.1 Å². The molecule has 0 heterocycles. The van der Waals surface area contributed by atoms with Gasteiger partial charge >= 0.3 is 12.4 Å². The lowest BCUT2D eigenvalue weighted by Crippen LogP contribution is -2.21. The summed E-state index contributed by atoms with van der Waals surface area (Å²) >= 11 is 0. The molecule has 0 aromatic heterocycles. The molecule has 0 saturated heterocycles. The summed E-state index contributed by atoms with van der Waals surface area (Å²) in [5.74, 6) is 0. The van der Waals surface area contributed by atoms with E-state index < -0.39 is 29.5 Å². The van der Waals surface area contributed by atoms with Gasteiger partial charge in [-0.25, -0.2) is 0 Å². The van der Waals surface area contributed by atoms with Crippen LogP contribution >= 0.6 is 0 Å². The summed E-state index contributed by atoms with van der Waals surface area (Å²) < 4.78 is 76.0. The Morgan fingerprint density at radius 3 is 2.00 bits per heavy atom. The molecule has 0 spiro atoms. The van der Waals surface area contributed by atoms with Gasteiger partial charge in [0.15, 0.2) is 0 Å². The molecule has 0 bridgehead atoms. The Hall–Kier alpha value is -1.24. The van der Waals surface area contributed by atoms with Crippen LogP contribution in [0.25, 0.3) is 0 Å². The first-order chi connectivity index (χ1) is 8.61. The first kappa shape index (κ1) is 15.8. The number of alkyl halides is 6. The van der Waals surface area contributed by atoms with E-state index in [1.54, 1.807) is 6.92 Å². The van der Waals surface area contributed by atoms with Gasteiger partial charge in [-0.1, -0.05) is 13.0 Å². The molecule has 1 atom stereocenters. The van der Waals surface area contributed by atoms with Crippen LogP contribution in [-0.4, -0.2) is 7.05 Å². The molecule has 0 fully saturated rings. The van der Waals surface area contributed by atoms with Crippen molar-refractivity contribution in [3.8, 4) is 0 Å². The number of rotatable bonds is 3. The second kappa shape index (κ2) is 5.40. The molecule has 0 aliphatic carbocycles. The summed E-state index contributed by atoms with van der Waals surface area (Å²) in [6.07, 6.45) is -9.27. The molecular weight excluding hydrogens is 272 g/mol. The zero-order valence-corrected chi connectivity index (χ0v) is 10.3. The average molecular weight is 285 g/mol. The van der Waals surface area contributed by atoms with Crippen LogP contribution in [0.1, 0.15) is 36.1 Å². The highest BCUT2D eigenvalue weighted by atomic mass is 19.4. The summed E-state index contributed by atoms with van der Waals surface area (Å²) in [6.45, 7) is 1.65. The number of hydrogen-bond donors (Lipinski definition) is 1. The summed E-state index contributed by atoms with van der Waals surface area (Å²) in [7, 11) is 1.46. The maximum absolute atomic E-state index is 12.9. The van der Waals surface area contributed by atoms with E-state index in [9.17, 15) is 26.3 Å². The third kappa shape index (κ3) is 3.62. The van der Waals surface area contributed by atoms with E-state index in [-0.39, 0.29) is 11.6 Å². The van der Waals surface area contributed by atoms with Gasteiger partial charge in [0.25, 0.3) is 0 Å². The van der Waals surface area contributed by atoms with Crippen LogP contribution in [0.3, 0.4) is 0 Å². The van der Waals surface area contributed by atoms with E-state index in [2.05, 4.69) is 5.32 Å². The molecule has 0 radical (unpaired) electrons. The van der Waals surface area contributed by atoms with Crippen molar-refractivity contribution < 1.29 is 26.3 Å². The molecule has 1 unspecified atom stereocenters. The summed E-state index contributed by atoms with van der Waals surface area (Å²) in [5, 5.41) is 2.66. The Kier molecular flexibility index (Phi) is 4.50. The van der Waals surface area contributed by atoms with E-state index in [4.69, 9.17) is 0 Å². The molecule has 1 rings (SSSR count). The maximum Gasteiger partial charge on any atom is 0.416 e. The van der Waals surface area contributed by atoms with Crippen LogP contribution in [-0.2, 0) is 12.4 Å². The molecule has 0 aliphatic heterocycles. The fourth-order valence-electron chi connectivity index (χ4n) is 1.86. The highest BCUT2D eigenvalue weighted by Gasteiger charge is 2.38. The fraction of sp³-hybridized carbons (Fsp3) is 0.500. The molecular formula is C12H13F6N. The number of hydrogen-bond acceptors (Lipinski definition) is 1. The first-order valence-electron chi connectivity index (χ1n) is 5.56. The lowest BCUT2D eigenvalue weighted by molar-refractivity contribution is -0.143. The number of benzene rings is 1. The van der Waals surface area contributed by atoms with E-state index in [1.807, 2.05) is 0 Å². The van der Waals surface area contributed by atoms with Gasteiger partial charge in [0.1, 0.15) is 0 Å². The van der Waals surface area contributed by atoms with Gasteiger partial charge in [-0.3, -0.25) is 0 Å². The Labute approximate surface area is 106 Å². The SMILES string of the molecule is CCC(NC)c1ccc(C(F)(F)F)cc1C(F)(F)F. The first-order valence-corrected chi connectivity index (χ1v) is 5.56. The summed E-state index contributed by atoms with van der Waals surface area (Å²) in [5.41, 5.74) is -2.72. The second-order valence-corrected chi connectivity index (χ2v) is 4.05. The van der Waals surface area contributed by atoms with E-state index in [0.29, 0.717) is 12.5 Å². The number of nitrogens with one attached hydrogen (secondary N) is 1. The molecule has 1 nitrogen and oxygen atoms in total. The standard InChI is InChI=1S/C12H13F6N/c1-3-10(19-2)8-5-4-7(11(13,14)15)6-9(8)12(16,17)18/h4-6,10,19H,3H2,1-2H3. The topological polar surface area (TPSA) is 12.0 Å². The van der Waals surface area contributed by atoms with E-state index >= 15 is 0 Å². The van der Waals surface area contributed by atoms with Crippen molar-refractivity contribution in [1.82, 2.24) is 5.32 Å². The van der Waals surface area contributed by atoms with Crippen molar-refractivity contribution in [2.75, 3.05) is 7.05 Å². The molecule has 0 saturated carbocycles. The van der Waals surface area contributed by atoms with Crippen molar-refractivity contribution in [1.29, 1.82) is 0 Å². The van der Waals surface area contributed by atoms with Crippen molar-refractivity contribution in [2.45, 2.75) is 31.7 Å². The van der Waals surface area contributed by atoms with Gasteiger partial charge in [-0.2, -0.15) is 26.3 Å². The Balaban J connectivity index is 3.41. The molecule has 1 N–H and O–H groups in total. The van der Waals surface area contributed by atoms with Crippen molar-refractivity contribution in [3.63, 3.8) is 0 Å². The Morgan fingerprint density at radius 2 is 1.63 bits per heavy atom. The van der Waals surface area contributed by atoms with Crippen molar-refractivity contribution >= 4 is 0 Å². The summed E-state index contributed by atoms with van der Waals surface area (Å²) in [6, 6.07) is 1.08. The fourth-order valence-corrected chi connectivity index (χ4v) is 1.86. The monoisotopic (exact) mass is 285 g/mol. The van der Waals surface area contributed by atoms with Crippen molar-refractivity contribution in [3.05, 3.63) is 34.9 Å². The second-order valence-electron chi connectivity index (χ2n) is 4.05. The molecule has 0 amide bonds. The average Bonchev–Trinajstić information content (AvgIpc) is 2.28. The minimum Gasteiger partial charge on any atom is -0.313 e. The van der Waals surface area contributed by atoms with Gasteiger partial charge in [-0.15, -0.1) is 0 Å². The van der Waals surface area contributed by atoms with Crippen LogP contribution < -0.4 is 5.32 Å². The molecule has 0 aliphatic rings. The lowest BCUT2D eigenvalue weighted by atomic mass is 9.96. The minimum absolute atomic E-state index is 0.162. The smallest absolute Gasteiger partial charge is 0.313 e. The van der Waals surface area contributed by atoms with Crippen LogP contribution in [0.15, 0.2) is 18.2 Å². The minimum atomic E-state index is -4.82. The zero-order chi connectivity index (χ0) is 14.8. The van der Waals surface area contributed by atoms with E-state index in [1.165, 1.54) is 7.05 Å². The highest BCUT2D eigenvalue weighted by Crippen LogP contribution is 2.39.